The average molecular weight is 384 g/mol. The first kappa shape index (κ1) is 17.2. The number of nitrogens with zero attached hydrogens (tertiary/aromatic N) is 2. The number of likely N-dealkylation sites (N-methyl/N-ethyl adjacent to an activating group) is 1. The summed E-state index contributed by atoms with van der Waals surface area (Å²) in [6.07, 6.45) is 0.273. The van der Waals surface area contributed by atoms with Gasteiger partial charge in [-0.1, -0.05) is 18.2 Å². The number of ether oxygens (including phenoxy) is 1. The van der Waals surface area contributed by atoms with Gasteiger partial charge in [-0.15, -0.1) is 0 Å². The molecule has 1 spiro atoms. The van der Waals surface area contributed by atoms with Crippen LogP contribution in [0.1, 0.15) is 25.3 Å². The van der Waals surface area contributed by atoms with Gasteiger partial charge >= 0.3 is 5.97 Å². The van der Waals surface area contributed by atoms with E-state index < -0.39 is 23.0 Å². The van der Waals surface area contributed by atoms with Crippen molar-refractivity contribution in [3.05, 3.63) is 29.8 Å². The number of anilines is 1. The second kappa shape index (κ2) is 5.10. The molecule has 5 fully saturated rings. The lowest BCUT2D eigenvalue weighted by molar-refractivity contribution is -0.205. The molecular formula is C22H28N2O4. The van der Waals surface area contributed by atoms with Crippen molar-refractivity contribution in [3.8, 4) is 0 Å². The molecule has 5 aliphatic heterocycles. The number of esters is 1. The van der Waals surface area contributed by atoms with Crippen molar-refractivity contribution in [3.63, 3.8) is 0 Å². The standard InChI is InChI=1S/C22H28N2O4/c1-11(25)12-10-24-16-8-14(12)22(20(27)28-3)17(24)9-21(19(22)26)13-6-4-5-7-15(13)23(2)18(16)21/h4-7,11-12,14,16-19,25-26H,8-10H2,1-3H3/t11-,12+,14-,16-,17-,18+,19+,21+,22+/m0/s1. The number of hydrogen-bond donors (Lipinski definition) is 2. The number of rotatable bonds is 2. The van der Waals surface area contributed by atoms with Gasteiger partial charge in [-0.05, 0) is 37.3 Å². The Labute approximate surface area is 165 Å². The third-order valence-corrected chi connectivity index (χ3v) is 9.15. The van der Waals surface area contributed by atoms with Crippen molar-refractivity contribution in [1.82, 2.24) is 4.90 Å². The maximum Gasteiger partial charge on any atom is 0.316 e. The monoisotopic (exact) mass is 384 g/mol. The molecular weight excluding hydrogens is 356 g/mol. The Hall–Kier alpha value is -1.63. The normalized spacial score (nSPS) is 50.5. The van der Waals surface area contributed by atoms with E-state index in [-0.39, 0.29) is 35.9 Å². The van der Waals surface area contributed by atoms with Gasteiger partial charge in [0.05, 0.1) is 25.4 Å². The summed E-state index contributed by atoms with van der Waals surface area (Å²) in [5, 5.41) is 22.6. The Morgan fingerprint density at radius 2 is 2.11 bits per heavy atom. The second-order valence-electron chi connectivity index (χ2n) is 9.67. The van der Waals surface area contributed by atoms with Crippen LogP contribution in [0.4, 0.5) is 5.69 Å². The molecule has 4 saturated heterocycles. The topological polar surface area (TPSA) is 73.2 Å². The number of fused-ring (bicyclic) bond motifs is 2. The van der Waals surface area contributed by atoms with Gasteiger partial charge in [-0.3, -0.25) is 9.69 Å². The molecule has 150 valence electrons. The molecule has 2 N–H and O–H groups in total. The van der Waals surface area contributed by atoms with E-state index in [1.165, 1.54) is 18.4 Å². The van der Waals surface area contributed by atoms with E-state index in [2.05, 4.69) is 29.0 Å². The largest absolute Gasteiger partial charge is 0.468 e. The van der Waals surface area contributed by atoms with Crippen LogP contribution in [-0.4, -0.2) is 72.1 Å². The van der Waals surface area contributed by atoms with Gasteiger partial charge in [-0.25, -0.2) is 0 Å². The fourth-order valence-electron chi connectivity index (χ4n) is 8.38. The lowest BCUT2D eigenvalue weighted by Gasteiger charge is -2.63. The third-order valence-electron chi connectivity index (χ3n) is 9.15. The molecule has 0 radical (unpaired) electrons. The summed E-state index contributed by atoms with van der Waals surface area (Å²) in [6.45, 7) is 2.61. The van der Waals surface area contributed by atoms with Crippen LogP contribution in [0.3, 0.4) is 0 Å². The highest BCUT2D eigenvalue weighted by atomic mass is 16.5. The maximum absolute atomic E-state index is 13.4. The summed E-state index contributed by atoms with van der Waals surface area (Å²) in [6, 6.07) is 8.76. The smallest absolute Gasteiger partial charge is 0.316 e. The molecule has 1 unspecified atom stereocenters. The minimum atomic E-state index is -0.960. The predicted octanol–water partition coefficient (Wildman–Crippen LogP) is 0.750. The minimum absolute atomic E-state index is 0.0178. The molecule has 1 aromatic rings. The first-order valence-electron chi connectivity index (χ1n) is 10.4. The van der Waals surface area contributed by atoms with Crippen molar-refractivity contribution >= 4 is 11.7 Å². The zero-order chi connectivity index (χ0) is 19.6. The van der Waals surface area contributed by atoms with Gasteiger partial charge in [0.25, 0.3) is 0 Å². The molecule has 28 heavy (non-hydrogen) atoms. The molecule has 0 aromatic heterocycles. The van der Waals surface area contributed by atoms with Crippen LogP contribution in [0.2, 0.25) is 0 Å². The SMILES string of the molecule is COC(=O)[C@@]12[C@@H]3C[C@]4(c5ccccc5N(C)[C@@H]4[C@@H]4C[C@H]1[C@@H]([C@H](C)O)CN34)[C@H]2O. The van der Waals surface area contributed by atoms with Crippen molar-refractivity contribution < 1.29 is 19.7 Å². The van der Waals surface area contributed by atoms with E-state index in [1.807, 2.05) is 19.1 Å². The molecule has 1 saturated carbocycles. The van der Waals surface area contributed by atoms with E-state index in [4.69, 9.17) is 4.74 Å². The molecule has 1 aromatic carbocycles. The van der Waals surface area contributed by atoms with Crippen LogP contribution in [0.25, 0.3) is 0 Å². The fraction of sp³-hybridized carbons (Fsp3) is 0.682. The molecule has 5 heterocycles. The summed E-state index contributed by atoms with van der Waals surface area (Å²) in [5.41, 5.74) is 0.932. The van der Waals surface area contributed by atoms with Gasteiger partial charge in [-0.2, -0.15) is 0 Å². The molecule has 0 amide bonds. The zero-order valence-electron chi connectivity index (χ0n) is 16.6. The first-order valence-corrected chi connectivity index (χ1v) is 10.4. The minimum Gasteiger partial charge on any atom is -0.468 e. The van der Waals surface area contributed by atoms with Crippen LogP contribution in [0.5, 0.6) is 0 Å². The lowest BCUT2D eigenvalue weighted by atomic mass is 9.56. The van der Waals surface area contributed by atoms with Gasteiger partial charge in [0.2, 0.25) is 0 Å². The van der Waals surface area contributed by atoms with Crippen LogP contribution >= 0.6 is 0 Å². The fourth-order valence-corrected chi connectivity index (χ4v) is 8.38. The number of carbonyl (C=O) groups excluding carboxylic acids is 1. The summed E-state index contributed by atoms with van der Waals surface area (Å²) in [5.74, 6) is -0.371. The summed E-state index contributed by atoms with van der Waals surface area (Å²) in [7, 11) is 3.56. The third kappa shape index (κ3) is 1.49. The quantitative estimate of drug-likeness (QED) is 0.733. The Morgan fingerprint density at radius 3 is 2.82 bits per heavy atom. The van der Waals surface area contributed by atoms with Crippen LogP contribution in [0, 0.1) is 17.3 Å². The van der Waals surface area contributed by atoms with Crippen molar-refractivity contribution in [1.29, 1.82) is 0 Å². The molecule has 6 nitrogen and oxygen atoms in total. The van der Waals surface area contributed by atoms with Gasteiger partial charge < -0.3 is 19.8 Å². The Bertz CT molecular complexity index is 874. The molecule has 5 bridgehead atoms. The van der Waals surface area contributed by atoms with E-state index in [0.29, 0.717) is 0 Å². The van der Waals surface area contributed by atoms with Crippen LogP contribution in [0.15, 0.2) is 24.3 Å². The van der Waals surface area contributed by atoms with Crippen molar-refractivity contribution in [2.45, 2.75) is 55.5 Å². The molecule has 1 aliphatic carbocycles. The molecule has 6 heteroatoms. The van der Waals surface area contributed by atoms with E-state index >= 15 is 0 Å². The van der Waals surface area contributed by atoms with Crippen molar-refractivity contribution in [2.24, 2.45) is 17.3 Å². The number of aliphatic hydroxyl groups excluding tert-OH is 2. The predicted molar refractivity (Wildman–Crippen MR) is 103 cm³/mol. The number of para-hydroxylation sites is 1. The zero-order valence-corrected chi connectivity index (χ0v) is 16.6. The lowest BCUT2D eigenvalue weighted by Crippen LogP contribution is -2.74. The molecule has 10 atom stereocenters. The van der Waals surface area contributed by atoms with Crippen LogP contribution < -0.4 is 4.90 Å². The number of carbonyl (C=O) groups is 1. The summed E-state index contributed by atoms with van der Waals surface area (Å²) in [4.78, 5) is 18.2. The van der Waals surface area contributed by atoms with E-state index in [0.717, 1.165) is 19.4 Å². The highest BCUT2D eigenvalue weighted by Crippen LogP contribution is 2.72. The number of piperidine rings is 4. The Morgan fingerprint density at radius 1 is 1.36 bits per heavy atom. The highest BCUT2D eigenvalue weighted by Gasteiger charge is 2.83. The second-order valence-corrected chi connectivity index (χ2v) is 9.67. The maximum atomic E-state index is 13.4. The summed E-state index contributed by atoms with van der Waals surface area (Å²) >= 11 is 0. The van der Waals surface area contributed by atoms with Gasteiger partial charge in [0.15, 0.2) is 0 Å². The number of methoxy groups -OCH3 is 1. The number of aliphatic hydroxyl groups is 2. The number of benzene rings is 1. The van der Waals surface area contributed by atoms with E-state index in [1.54, 1.807) is 0 Å². The Balaban J connectivity index is 1.63. The number of hydrogen-bond acceptors (Lipinski definition) is 6. The molecule has 6 aliphatic rings. The van der Waals surface area contributed by atoms with E-state index in [9.17, 15) is 15.0 Å². The first-order chi connectivity index (χ1) is 13.4. The highest BCUT2D eigenvalue weighted by molar-refractivity contribution is 5.83. The van der Waals surface area contributed by atoms with Crippen molar-refractivity contribution in [2.75, 3.05) is 25.6 Å². The summed E-state index contributed by atoms with van der Waals surface area (Å²) < 4.78 is 5.35. The molecule has 7 rings (SSSR count). The van der Waals surface area contributed by atoms with Crippen LogP contribution in [-0.2, 0) is 14.9 Å². The Kier molecular flexibility index (Phi) is 3.14. The van der Waals surface area contributed by atoms with Gasteiger partial charge in [0, 0.05) is 42.7 Å². The average Bonchev–Trinajstić information content (AvgIpc) is 3.09. The van der Waals surface area contributed by atoms with Gasteiger partial charge in [0.1, 0.15) is 5.41 Å².